The van der Waals surface area contributed by atoms with Gasteiger partial charge < -0.3 is 25.2 Å². The smallest absolute Gasteiger partial charge is 0.191 e. The predicted molar refractivity (Wildman–Crippen MR) is 120 cm³/mol. The molecular formula is C23H29F2N5O. The molecule has 4 rings (SSSR count). The second-order valence-electron chi connectivity index (χ2n) is 7.83. The van der Waals surface area contributed by atoms with Crippen molar-refractivity contribution < 1.29 is 13.5 Å². The van der Waals surface area contributed by atoms with E-state index in [1.165, 1.54) is 23.4 Å². The zero-order valence-corrected chi connectivity index (χ0v) is 17.8. The van der Waals surface area contributed by atoms with Crippen LogP contribution in [0.4, 0.5) is 20.2 Å². The van der Waals surface area contributed by atoms with Crippen LogP contribution in [0.25, 0.3) is 0 Å². The lowest BCUT2D eigenvalue weighted by Gasteiger charge is -2.30. The van der Waals surface area contributed by atoms with Gasteiger partial charge in [-0.1, -0.05) is 18.2 Å². The molecule has 0 radical (unpaired) electrons. The molecule has 0 aromatic heterocycles. The Hall–Kier alpha value is -2.87. The van der Waals surface area contributed by atoms with E-state index in [0.717, 1.165) is 38.8 Å². The molecule has 2 N–H and O–H groups in total. The van der Waals surface area contributed by atoms with Crippen molar-refractivity contribution in [3.05, 3.63) is 59.7 Å². The fraction of sp³-hybridized carbons (Fsp3) is 0.435. The van der Waals surface area contributed by atoms with Crippen LogP contribution in [-0.4, -0.2) is 58.4 Å². The van der Waals surface area contributed by atoms with Crippen molar-refractivity contribution in [1.29, 1.82) is 0 Å². The second-order valence-corrected chi connectivity index (χ2v) is 7.83. The topological polar surface area (TPSA) is 52.1 Å². The van der Waals surface area contributed by atoms with Gasteiger partial charge in [-0.3, -0.25) is 4.99 Å². The van der Waals surface area contributed by atoms with E-state index in [0.29, 0.717) is 31.3 Å². The molecule has 1 unspecified atom stereocenters. The minimum absolute atomic E-state index is 0.130. The second kappa shape index (κ2) is 9.96. The van der Waals surface area contributed by atoms with Crippen molar-refractivity contribution >= 4 is 17.3 Å². The van der Waals surface area contributed by atoms with Gasteiger partial charge in [0, 0.05) is 57.6 Å². The molecule has 1 atom stereocenters. The Bertz CT molecular complexity index is 917. The van der Waals surface area contributed by atoms with Crippen LogP contribution < -0.4 is 20.4 Å². The SMILES string of the molecule is CN=C(NCc1ccccc1N1CCOCC1)NC1CCN(c2ccc(F)cc2F)C1. The molecule has 2 aromatic carbocycles. The molecule has 0 aliphatic carbocycles. The Balaban J connectivity index is 1.34. The Kier molecular flexibility index (Phi) is 6.86. The van der Waals surface area contributed by atoms with E-state index in [1.807, 2.05) is 11.0 Å². The Morgan fingerprint density at radius 2 is 1.87 bits per heavy atom. The highest BCUT2D eigenvalue weighted by Gasteiger charge is 2.25. The van der Waals surface area contributed by atoms with Gasteiger partial charge in [0.25, 0.3) is 0 Å². The van der Waals surface area contributed by atoms with E-state index >= 15 is 0 Å². The molecule has 6 nitrogen and oxygen atoms in total. The minimum atomic E-state index is -0.558. The van der Waals surface area contributed by atoms with Gasteiger partial charge in [0.1, 0.15) is 11.6 Å². The molecule has 2 aromatic rings. The highest BCUT2D eigenvalue weighted by atomic mass is 19.1. The number of nitrogens with zero attached hydrogens (tertiary/aromatic N) is 3. The predicted octanol–water partition coefficient (Wildman–Crippen LogP) is 2.75. The van der Waals surface area contributed by atoms with Crippen LogP contribution in [-0.2, 0) is 11.3 Å². The van der Waals surface area contributed by atoms with Crippen molar-refractivity contribution in [2.75, 3.05) is 56.2 Å². The lowest BCUT2D eigenvalue weighted by Crippen LogP contribution is -2.44. The van der Waals surface area contributed by atoms with Gasteiger partial charge in [-0.05, 0) is 30.2 Å². The summed E-state index contributed by atoms with van der Waals surface area (Å²) in [5.74, 6) is -0.372. The van der Waals surface area contributed by atoms with Gasteiger partial charge in [-0.25, -0.2) is 8.78 Å². The summed E-state index contributed by atoms with van der Waals surface area (Å²) >= 11 is 0. The number of morpholine rings is 1. The zero-order chi connectivity index (χ0) is 21.6. The van der Waals surface area contributed by atoms with Gasteiger partial charge >= 0.3 is 0 Å². The normalized spacial score (nSPS) is 19.6. The monoisotopic (exact) mass is 429 g/mol. The van der Waals surface area contributed by atoms with E-state index in [-0.39, 0.29) is 6.04 Å². The fourth-order valence-electron chi connectivity index (χ4n) is 4.17. The molecule has 0 saturated carbocycles. The molecule has 31 heavy (non-hydrogen) atoms. The zero-order valence-electron chi connectivity index (χ0n) is 17.8. The van der Waals surface area contributed by atoms with Crippen LogP contribution in [0.3, 0.4) is 0 Å². The molecule has 8 heteroatoms. The van der Waals surface area contributed by atoms with E-state index in [1.54, 1.807) is 7.05 Å². The fourth-order valence-corrected chi connectivity index (χ4v) is 4.17. The third kappa shape index (κ3) is 5.25. The van der Waals surface area contributed by atoms with Crippen LogP contribution in [0.1, 0.15) is 12.0 Å². The largest absolute Gasteiger partial charge is 0.378 e. The Labute approximate surface area is 181 Å². The molecule has 0 amide bonds. The van der Waals surface area contributed by atoms with Crippen LogP contribution in [0, 0.1) is 11.6 Å². The quantitative estimate of drug-likeness (QED) is 0.566. The molecule has 2 aliphatic rings. The summed E-state index contributed by atoms with van der Waals surface area (Å²) in [6.45, 7) is 5.26. The minimum Gasteiger partial charge on any atom is -0.378 e. The molecule has 2 heterocycles. The molecule has 166 valence electrons. The Morgan fingerprint density at radius 1 is 1.06 bits per heavy atom. The molecule has 0 bridgehead atoms. The van der Waals surface area contributed by atoms with Gasteiger partial charge in [-0.2, -0.15) is 0 Å². The summed E-state index contributed by atoms with van der Waals surface area (Å²) in [5.41, 5.74) is 2.86. The number of aliphatic imine (C=N–C) groups is 1. The number of ether oxygens (including phenoxy) is 1. The van der Waals surface area contributed by atoms with Crippen molar-refractivity contribution in [2.24, 2.45) is 4.99 Å². The maximum Gasteiger partial charge on any atom is 0.191 e. The highest BCUT2D eigenvalue weighted by Crippen LogP contribution is 2.24. The first-order valence-corrected chi connectivity index (χ1v) is 10.7. The van der Waals surface area contributed by atoms with Gasteiger partial charge in [0.15, 0.2) is 5.96 Å². The number of halogens is 2. The maximum absolute atomic E-state index is 14.1. The number of guanidine groups is 1. The average molecular weight is 430 g/mol. The summed E-state index contributed by atoms with van der Waals surface area (Å²) in [4.78, 5) is 8.64. The van der Waals surface area contributed by atoms with Gasteiger partial charge in [0.05, 0.1) is 18.9 Å². The number of rotatable bonds is 5. The lowest BCUT2D eigenvalue weighted by molar-refractivity contribution is 0.122. The standard InChI is InChI=1S/C23H29F2N5O/c1-26-23(27-15-17-4-2-3-5-21(17)29-10-12-31-13-11-29)28-19-8-9-30(16-19)22-7-6-18(24)14-20(22)25/h2-7,14,19H,8-13,15-16H2,1H3,(H2,26,27,28). The molecule has 2 saturated heterocycles. The van der Waals surface area contributed by atoms with E-state index in [4.69, 9.17) is 4.74 Å². The van der Waals surface area contributed by atoms with Crippen LogP contribution >= 0.6 is 0 Å². The van der Waals surface area contributed by atoms with Crippen molar-refractivity contribution in [3.8, 4) is 0 Å². The van der Waals surface area contributed by atoms with Crippen LogP contribution in [0.2, 0.25) is 0 Å². The summed E-state index contributed by atoms with van der Waals surface area (Å²) in [5, 5.41) is 6.84. The number of benzene rings is 2. The lowest BCUT2D eigenvalue weighted by atomic mass is 10.1. The third-order valence-electron chi connectivity index (χ3n) is 5.79. The van der Waals surface area contributed by atoms with Crippen molar-refractivity contribution in [3.63, 3.8) is 0 Å². The number of hydrogen-bond donors (Lipinski definition) is 2. The summed E-state index contributed by atoms with van der Waals surface area (Å²) < 4.78 is 32.8. The molecular weight excluding hydrogens is 400 g/mol. The van der Waals surface area contributed by atoms with Gasteiger partial charge in [-0.15, -0.1) is 0 Å². The van der Waals surface area contributed by atoms with E-state index in [9.17, 15) is 8.78 Å². The molecule has 0 spiro atoms. The van der Waals surface area contributed by atoms with Gasteiger partial charge in [0.2, 0.25) is 0 Å². The number of hydrogen-bond acceptors (Lipinski definition) is 4. The molecule has 2 aliphatic heterocycles. The van der Waals surface area contributed by atoms with Crippen molar-refractivity contribution in [2.45, 2.75) is 19.0 Å². The number of nitrogens with one attached hydrogen (secondary N) is 2. The highest BCUT2D eigenvalue weighted by molar-refractivity contribution is 5.80. The first kappa shape index (κ1) is 21.4. The van der Waals surface area contributed by atoms with Crippen LogP contribution in [0.5, 0.6) is 0 Å². The maximum atomic E-state index is 14.1. The molecule has 2 fully saturated rings. The first-order chi connectivity index (χ1) is 15.1. The summed E-state index contributed by atoms with van der Waals surface area (Å²) in [6, 6.07) is 12.2. The average Bonchev–Trinajstić information content (AvgIpc) is 3.25. The first-order valence-electron chi connectivity index (χ1n) is 10.7. The Morgan fingerprint density at radius 3 is 2.65 bits per heavy atom. The number of para-hydroxylation sites is 1. The number of anilines is 2. The van der Waals surface area contributed by atoms with Crippen molar-refractivity contribution in [1.82, 2.24) is 10.6 Å². The summed E-state index contributed by atoms with van der Waals surface area (Å²) in [6.07, 6.45) is 0.849. The summed E-state index contributed by atoms with van der Waals surface area (Å²) in [7, 11) is 1.75. The third-order valence-corrected chi connectivity index (χ3v) is 5.79. The van der Waals surface area contributed by atoms with Crippen LogP contribution in [0.15, 0.2) is 47.5 Å². The van der Waals surface area contributed by atoms with E-state index < -0.39 is 11.6 Å². The van der Waals surface area contributed by atoms with E-state index in [2.05, 4.69) is 38.7 Å².